The predicted molar refractivity (Wildman–Crippen MR) is 219 cm³/mol. The minimum atomic E-state index is -0.708. The summed E-state index contributed by atoms with van der Waals surface area (Å²) in [5.41, 5.74) is 5.83. The van der Waals surface area contributed by atoms with Crippen LogP contribution in [0.5, 0.6) is 0 Å². The van der Waals surface area contributed by atoms with E-state index >= 15 is 0 Å². The fourth-order valence-corrected chi connectivity index (χ4v) is 9.18. The second-order valence-electron chi connectivity index (χ2n) is 16.7. The summed E-state index contributed by atoms with van der Waals surface area (Å²) in [5.74, 6) is 1.36. The zero-order valence-corrected chi connectivity index (χ0v) is 34.5. The standard InChI is InChI=1S/C44H56N8O6/c1-24(2)36(49-43(55)57-6)41(53)51-26(5)9-8-10-35(51)39-45-22-33(47-39)29-15-11-27(12-16-29)28-13-17-30(18-14-28)34-23-46-40(48-34)38-31-19-20-32(21-31)52(38)42(54)37(25(3)4)50-44(56)58-7/h11-18,22-26,31-32,35-38H,8-10,19-21H2,1-7H3,(H,45,47)(H,46,48)(H,49,55)(H,50,56)/t26-,31-,32+,35-,36-,37-,38-/m0/s1. The van der Waals surface area contributed by atoms with Crippen LogP contribution in [-0.2, 0) is 19.1 Å². The summed E-state index contributed by atoms with van der Waals surface area (Å²) < 4.78 is 9.63. The average Bonchev–Trinajstić information content (AvgIpc) is 4.07. The Hall–Kier alpha value is -5.66. The molecule has 4 aromatic rings. The van der Waals surface area contributed by atoms with Gasteiger partial charge in [-0.05, 0) is 85.5 Å². The molecule has 0 radical (unpaired) electrons. The molecule has 14 heteroatoms. The number of carbonyl (C=O) groups excluding carboxylic acids is 4. The number of aromatic amines is 2. The normalized spacial score (nSPS) is 22.5. The first kappa shape index (κ1) is 40.5. The lowest BCUT2D eigenvalue weighted by atomic mass is 9.93. The number of piperidine rings is 2. The first-order valence-electron chi connectivity index (χ1n) is 20.5. The number of nitrogens with zero attached hydrogens (tertiary/aromatic N) is 4. The van der Waals surface area contributed by atoms with Crippen molar-refractivity contribution in [1.29, 1.82) is 0 Å². The molecule has 7 rings (SSSR count). The minimum Gasteiger partial charge on any atom is -0.453 e. The van der Waals surface area contributed by atoms with Crippen LogP contribution in [0.3, 0.4) is 0 Å². The number of ether oxygens (including phenoxy) is 2. The summed E-state index contributed by atoms with van der Waals surface area (Å²) in [5, 5.41) is 5.49. The van der Waals surface area contributed by atoms with Gasteiger partial charge in [0.2, 0.25) is 11.8 Å². The molecule has 2 aromatic heterocycles. The van der Waals surface area contributed by atoms with Gasteiger partial charge >= 0.3 is 12.2 Å². The molecular weight excluding hydrogens is 737 g/mol. The minimum absolute atomic E-state index is 0.00856. The van der Waals surface area contributed by atoms with E-state index in [1.165, 1.54) is 14.2 Å². The molecule has 58 heavy (non-hydrogen) atoms. The lowest BCUT2D eigenvalue weighted by Gasteiger charge is -2.42. The molecule has 2 saturated heterocycles. The first-order chi connectivity index (χ1) is 27.9. The van der Waals surface area contributed by atoms with Crippen molar-refractivity contribution >= 4 is 24.0 Å². The third-order valence-corrected chi connectivity index (χ3v) is 12.3. The maximum Gasteiger partial charge on any atom is 0.407 e. The molecule has 3 fully saturated rings. The van der Waals surface area contributed by atoms with E-state index in [4.69, 9.17) is 19.4 Å². The van der Waals surface area contributed by atoms with Crippen molar-refractivity contribution in [3.8, 4) is 33.6 Å². The molecule has 1 saturated carbocycles. The van der Waals surface area contributed by atoms with Crippen LogP contribution in [-0.4, -0.2) is 92.1 Å². The molecule has 2 bridgehead atoms. The predicted octanol–water partition coefficient (Wildman–Crippen LogP) is 7.39. The third-order valence-electron chi connectivity index (χ3n) is 12.3. The smallest absolute Gasteiger partial charge is 0.407 e. The van der Waals surface area contributed by atoms with Crippen LogP contribution in [0.2, 0.25) is 0 Å². The lowest BCUT2D eigenvalue weighted by Crippen LogP contribution is -2.55. The number of rotatable bonds is 11. The topological polar surface area (TPSA) is 175 Å². The quantitative estimate of drug-likeness (QED) is 0.122. The summed E-state index contributed by atoms with van der Waals surface area (Å²) in [6.07, 6.45) is 7.96. The van der Waals surface area contributed by atoms with Gasteiger partial charge in [0.25, 0.3) is 0 Å². The van der Waals surface area contributed by atoms with Crippen molar-refractivity contribution in [3.63, 3.8) is 0 Å². The highest BCUT2D eigenvalue weighted by atomic mass is 16.5. The third kappa shape index (κ3) is 8.06. The van der Waals surface area contributed by atoms with Gasteiger partial charge in [0.05, 0.1) is 50.1 Å². The molecule has 14 nitrogen and oxygen atoms in total. The number of benzene rings is 2. The van der Waals surface area contributed by atoms with E-state index in [9.17, 15) is 19.2 Å². The van der Waals surface area contributed by atoms with E-state index in [1.54, 1.807) is 0 Å². The van der Waals surface area contributed by atoms with E-state index in [0.29, 0.717) is 5.92 Å². The van der Waals surface area contributed by atoms with Crippen LogP contribution < -0.4 is 10.6 Å². The molecule has 4 N–H and O–H groups in total. The van der Waals surface area contributed by atoms with Gasteiger partial charge in [-0.15, -0.1) is 0 Å². The Morgan fingerprint density at radius 1 is 0.672 bits per heavy atom. The molecule has 3 aliphatic rings. The number of imidazole rings is 2. The molecule has 0 unspecified atom stereocenters. The SMILES string of the molecule is COC(=O)N[C@H](C(=O)N1[C@@H]2CC[C@@H](C2)[C@H]1c1ncc(-c2ccc(-c3ccc(-c4cnc([C@@H]5CCC[C@H](C)N5C(=O)[C@@H](NC(=O)OC)C(C)C)[nH]4)cc3)cc2)[nH]1)C(C)C. The number of likely N-dealkylation sites (tertiary alicyclic amines) is 2. The second-order valence-corrected chi connectivity index (χ2v) is 16.7. The van der Waals surface area contributed by atoms with Gasteiger partial charge in [-0.25, -0.2) is 19.6 Å². The van der Waals surface area contributed by atoms with Crippen molar-refractivity contribution in [2.24, 2.45) is 17.8 Å². The van der Waals surface area contributed by atoms with Crippen molar-refractivity contribution in [1.82, 2.24) is 40.4 Å². The highest BCUT2D eigenvalue weighted by Gasteiger charge is 2.51. The fourth-order valence-electron chi connectivity index (χ4n) is 9.18. The Morgan fingerprint density at radius 2 is 1.16 bits per heavy atom. The van der Waals surface area contributed by atoms with Crippen LogP contribution in [0.15, 0.2) is 60.9 Å². The Labute approximate surface area is 339 Å². The zero-order valence-electron chi connectivity index (χ0n) is 34.5. The van der Waals surface area contributed by atoms with Crippen LogP contribution in [0, 0.1) is 17.8 Å². The van der Waals surface area contributed by atoms with Crippen molar-refractivity contribution < 1.29 is 28.7 Å². The Balaban J connectivity index is 1.04. The van der Waals surface area contributed by atoms with Gasteiger partial charge in [0, 0.05) is 12.1 Å². The van der Waals surface area contributed by atoms with E-state index in [-0.39, 0.29) is 47.8 Å². The highest BCUT2D eigenvalue weighted by molar-refractivity contribution is 5.87. The van der Waals surface area contributed by atoms with Crippen LogP contribution in [0.25, 0.3) is 33.6 Å². The Bertz CT molecular complexity index is 2090. The van der Waals surface area contributed by atoms with E-state index < -0.39 is 24.3 Å². The first-order valence-corrected chi connectivity index (χ1v) is 20.5. The molecule has 1 aliphatic carbocycles. The summed E-state index contributed by atoms with van der Waals surface area (Å²) >= 11 is 0. The molecule has 7 atom stereocenters. The molecule has 4 amide bonds. The number of nitrogens with one attached hydrogen (secondary N) is 4. The van der Waals surface area contributed by atoms with Crippen molar-refractivity contribution in [2.75, 3.05) is 14.2 Å². The Morgan fingerprint density at radius 3 is 1.67 bits per heavy atom. The highest BCUT2D eigenvalue weighted by Crippen LogP contribution is 2.50. The van der Waals surface area contributed by atoms with Gasteiger partial charge in [-0.3, -0.25) is 9.59 Å². The average molecular weight is 793 g/mol. The number of hydrogen-bond donors (Lipinski definition) is 4. The monoisotopic (exact) mass is 792 g/mol. The van der Waals surface area contributed by atoms with Gasteiger partial charge in [-0.2, -0.15) is 0 Å². The largest absolute Gasteiger partial charge is 0.453 e. The zero-order chi connectivity index (χ0) is 41.2. The van der Waals surface area contributed by atoms with Gasteiger partial charge in [0.1, 0.15) is 23.7 Å². The van der Waals surface area contributed by atoms with Gasteiger partial charge in [-0.1, -0.05) is 76.2 Å². The van der Waals surface area contributed by atoms with Crippen molar-refractivity contribution in [2.45, 2.75) is 109 Å². The lowest BCUT2D eigenvalue weighted by molar-refractivity contribution is -0.141. The molecule has 4 heterocycles. The molecule has 0 spiro atoms. The molecule has 308 valence electrons. The Kier molecular flexibility index (Phi) is 11.9. The molecule has 2 aliphatic heterocycles. The van der Waals surface area contributed by atoms with Crippen LogP contribution >= 0.6 is 0 Å². The van der Waals surface area contributed by atoms with E-state index in [0.717, 1.165) is 83.8 Å². The summed E-state index contributed by atoms with van der Waals surface area (Å²) in [7, 11) is 2.60. The maximum atomic E-state index is 13.9. The summed E-state index contributed by atoms with van der Waals surface area (Å²) in [6.45, 7) is 9.73. The van der Waals surface area contributed by atoms with Crippen LogP contribution in [0.1, 0.15) is 96.9 Å². The number of fused-ring (bicyclic) bond motifs is 2. The molecule has 2 aromatic carbocycles. The van der Waals surface area contributed by atoms with Crippen molar-refractivity contribution in [3.05, 3.63) is 72.6 Å². The molecular formula is C44H56N8O6. The number of carbonyl (C=O) groups is 4. The number of H-pyrrole nitrogens is 2. The number of alkyl carbamates (subject to hydrolysis) is 2. The van der Waals surface area contributed by atoms with Crippen LogP contribution in [0.4, 0.5) is 9.59 Å². The van der Waals surface area contributed by atoms with Gasteiger partial charge < -0.3 is 39.9 Å². The van der Waals surface area contributed by atoms with Gasteiger partial charge in [0.15, 0.2) is 0 Å². The maximum absolute atomic E-state index is 13.9. The number of aromatic nitrogens is 4. The van der Waals surface area contributed by atoms with E-state index in [1.807, 2.05) is 49.9 Å². The number of methoxy groups -OCH3 is 2. The number of amides is 4. The summed E-state index contributed by atoms with van der Waals surface area (Å²) in [4.78, 5) is 72.4. The fraction of sp³-hybridized carbons (Fsp3) is 0.500. The van der Waals surface area contributed by atoms with E-state index in [2.05, 4.69) is 76.1 Å². The second kappa shape index (κ2) is 17.1. The number of hydrogen-bond acceptors (Lipinski definition) is 8. The summed E-state index contributed by atoms with van der Waals surface area (Å²) in [6, 6.07) is 14.9.